The normalized spacial score (nSPS) is 10.9. The average molecular weight is 297 g/mol. The highest BCUT2D eigenvalue weighted by atomic mass is 35.5. The average Bonchev–Trinajstić information content (AvgIpc) is 2.71. The Bertz CT molecular complexity index is 612. The van der Waals surface area contributed by atoms with E-state index in [1.807, 2.05) is 10.6 Å². The third kappa shape index (κ3) is 3.40. The number of nitrogen functional groups attached to an aromatic ring is 1. The molecule has 0 atom stereocenters. The molecule has 0 fully saturated rings. The lowest BCUT2D eigenvalue weighted by atomic mass is 10.3. The molecule has 1 heterocycles. The van der Waals surface area contributed by atoms with Gasteiger partial charge in [0.15, 0.2) is 0 Å². The summed E-state index contributed by atoms with van der Waals surface area (Å²) >= 11 is 5.91. The second-order valence-electron chi connectivity index (χ2n) is 4.35. The summed E-state index contributed by atoms with van der Waals surface area (Å²) in [4.78, 5) is 15.9. The van der Waals surface area contributed by atoms with E-state index in [9.17, 15) is 4.79 Å². The SMILES string of the molecule is COCCNC(=O)CCn1c(N)nc2cc(Cl)ccc21. The Hall–Kier alpha value is -1.79. The summed E-state index contributed by atoms with van der Waals surface area (Å²) in [5.41, 5.74) is 7.47. The van der Waals surface area contributed by atoms with E-state index >= 15 is 0 Å². The summed E-state index contributed by atoms with van der Waals surface area (Å²) in [6.07, 6.45) is 0.335. The molecule has 2 aromatic rings. The van der Waals surface area contributed by atoms with Gasteiger partial charge in [0.1, 0.15) is 0 Å². The molecule has 7 heteroatoms. The summed E-state index contributed by atoms with van der Waals surface area (Å²) in [5, 5.41) is 3.37. The number of imidazole rings is 1. The van der Waals surface area contributed by atoms with Crippen molar-refractivity contribution in [1.29, 1.82) is 0 Å². The number of nitrogens with one attached hydrogen (secondary N) is 1. The number of fused-ring (bicyclic) bond motifs is 1. The summed E-state index contributed by atoms with van der Waals surface area (Å²) in [6.45, 7) is 1.48. The first-order valence-corrected chi connectivity index (χ1v) is 6.66. The monoisotopic (exact) mass is 296 g/mol. The maximum Gasteiger partial charge on any atom is 0.221 e. The van der Waals surface area contributed by atoms with Gasteiger partial charge in [-0.15, -0.1) is 0 Å². The van der Waals surface area contributed by atoms with E-state index in [2.05, 4.69) is 10.3 Å². The van der Waals surface area contributed by atoms with Gasteiger partial charge in [0, 0.05) is 31.6 Å². The molecule has 3 N–H and O–H groups in total. The van der Waals surface area contributed by atoms with Crippen molar-refractivity contribution >= 4 is 34.5 Å². The van der Waals surface area contributed by atoms with Crippen LogP contribution in [0.3, 0.4) is 0 Å². The molecule has 0 radical (unpaired) electrons. The molecule has 20 heavy (non-hydrogen) atoms. The number of amides is 1. The van der Waals surface area contributed by atoms with Gasteiger partial charge in [-0.1, -0.05) is 11.6 Å². The van der Waals surface area contributed by atoms with Gasteiger partial charge in [0.05, 0.1) is 17.6 Å². The van der Waals surface area contributed by atoms with Gasteiger partial charge in [-0.2, -0.15) is 0 Å². The van der Waals surface area contributed by atoms with E-state index in [1.54, 1.807) is 19.2 Å². The highest BCUT2D eigenvalue weighted by Crippen LogP contribution is 2.21. The zero-order valence-electron chi connectivity index (χ0n) is 11.2. The fourth-order valence-corrected chi connectivity index (χ4v) is 2.12. The maximum atomic E-state index is 11.7. The Balaban J connectivity index is 2.02. The zero-order chi connectivity index (χ0) is 14.5. The molecule has 0 spiro atoms. The Kier molecular flexibility index (Phi) is 4.81. The fraction of sp³-hybridized carbons (Fsp3) is 0.385. The second kappa shape index (κ2) is 6.58. The van der Waals surface area contributed by atoms with Gasteiger partial charge in [0.2, 0.25) is 11.9 Å². The predicted molar refractivity (Wildman–Crippen MR) is 78.7 cm³/mol. The van der Waals surface area contributed by atoms with Gasteiger partial charge in [-0.3, -0.25) is 4.79 Å². The molecule has 0 aliphatic heterocycles. The first kappa shape index (κ1) is 14.6. The number of ether oxygens (including phenoxy) is 1. The highest BCUT2D eigenvalue weighted by Gasteiger charge is 2.10. The van der Waals surface area contributed by atoms with Crippen LogP contribution in [0.15, 0.2) is 18.2 Å². The Morgan fingerprint density at radius 1 is 1.55 bits per heavy atom. The maximum absolute atomic E-state index is 11.7. The number of carbonyl (C=O) groups is 1. The third-order valence-electron chi connectivity index (χ3n) is 2.93. The molecular weight excluding hydrogens is 280 g/mol. The summed E-state index contributed by atoms with van der Waals surface area (Å²) in [6, 6.07) is 5.38. The number of anilines is 1. The summed E-state index contributed by atoms with van der Waals surface area (Å²) in [5.74, 6) is 0.337. The lowest BCUT2D eigenvalue weighted by Crippen LogP contribution is -2.27. The molecule has 0 unspecified atom stereocenters. The Morgan fingerprint density at radius 2 is 2.35 bits per heavy atom. The smallest absolute Gasteiger partial charge is 0.221 e. The highest BCUT2D eigenvalue weighted by molar-refractivity contribution is 6.31. The van der Waals surface area contributed by atoms with Crippen LogP contribution >= 0.6 is 11.6 Å². The standard InChI is InChI=1S/C13H17ClN4O2/c1-20-7-5-16-12(19)4-6-18-11-3-2-9(14)8-10(11)17-13(18)15/h2-3,8H,4-7H2,1H3,(H2,15,17)(H,16,19). The number of benzene rings is 1. The van der Waals surface area contributed by atoms with E-state index in [1.165, 1.54) is 0 Å². The second-order valence-corrected chi connectivity index (χ2v) is 4.78. The lowest BCUT2D eigenvalue weighted by molar-refractivity contribution is -0.121. The predicted octanol–water partition coefficient (Wildman–Crippen LogP) is 1.42. The van der Waals surface area contributed by atoms with Crippen LogP contribution in [0.1, 0.15) is 6.42 Å². The molecule has 0 aliphatic rings. The van der Waals surface area contributed by atoms with E-state index in [4.69, 9.17) is 22.1 Å². The third-order valence-corrected chi connectivity index (χ3v) is 3.17. The van der Waals surface area contributed by atoms with Gasteiger partial charge in [-0.05, 0) is 18.2 Å². The number of nitrogens with zero attached hydrogens (tertiary/aromatic N) is 2. The minimum Gasteiger partial charge on any atom is -0.383 e. The van der Waals surface area contributed by atoms with E-state index < -0.39 is 0 Å². The Labute approximate surface area is 121 Å². The van der Waals surface area contributed by atoms with Gasteiger partial charge in [0.25, 0.3) is 0 Å². The number of methoxy groups -OCH3 is 1. The van der Waals surface area contributed by atoms with Crippen molar-refractivity contribution in [2.24, 2.45) is 0 Å². The minimum atomic E-state index is -0.0442. The quantitative estimate of drug-likeness (QED) is 0.790. The molecule has 1 aromatic carbocycles. The number of halogens is 1. The first-order chi connectivity index (χ1) is 9.61. The van der Waals surface area contributed by atoms with Crippen LogP contribution in [0.4, 0.5) is 5.95 Å². The molecule has 1 aromatic heterocycles. The van der Waals surface area contributed by atoms with Crippen LogP contribution in [0.2, 0.25) is 5.02 Å². The number of hydrogen-bond donors (Lipinski definition) is 2. The molecule has 0 aliphatic carbocycles. The largest absolute Gasteiger partial charge is 0.383 e. The summed E-state index contributed by atoms with van der Waals surface area (Å²) < 4.78 is 6.68. The molecular formula is C13H17ClN4O2. The lowest BCUT2D eigenvalue weighted by Gasteiger charge is -2.07. The van der Waals surface area contributed by atoms with Crippen LogP contribution in [0.25, 0.3) is 11.0 Å². The van der Waals surface area contributed by atoms with Crippen LogP contribution in [-0.4, -0.2) is 35.7 Å². The Morgan fingerprint density at radius 3 is 3.10 bits per heavy atom. The summed E-state index contributed by atoms with van der Waals surface area (Å²) in [7, 11) is 1.59. The van der Waals surface area contributed by atoms with Crippen molar-refractivity contribution in [2.75, 3.05) is 26.0 Å². The van der Waals surface area contributed by atoms with Gasteiger partial charge in [-0.25, -0.2) is 4.98 Å². The number of rotatable bonds is 6. The van der Waals surface area contributed by atoms with Crippen LogP contribution in [0, 0.1) is 0 Å². The fourth-order valence-electron chi connectivity index (χ4n) is 1.95. The molecule has 108 valence electrons. The molecule has 6 nitrogen and oxygen atoms in total. The minimum absolute atomic E-state index is 0.0442. The zero-order valence-corrected chi connectivity index (χ0v) is 12.0. The van der Waals surface area contributed by atoms with Crippen LogP contribution in [-0.2, 0) is 16.1 Å². The van der Waals surface area contributed by atoms with E-state index in [0.29, 0.717) is 37.1 Å². The van der Waals surface area contributed by atoms with Crippen molar-refractivity contribution in [2.45, 2.75) is 13.0 Å². The number of nitrogens with two attached hydrogens (primary N) is 1. The number of aryl methyl sites for hydroxylation is 1. The number of hydrogen-bond acceptors (Lipinski definition) is 4. The van der Waals surface area contributed by atoms with E-state index in [-0.39, 0.29) is 5.91 Å². The number of carbonyl (C=O) groups excluding carboxylic acids is 1. The van der Waals surface area contributed by atoms with Crippen molar-refractivity contribution in [3.8, 4) is 0 Å². The topological polar surface area (TPSA) is 82.2 Å². The van der Waals surface area contributed by atoms with Gasteiger partial charge >= 0.3 is 0 Å². The first-order valence-electron chi connectivity index (χ1n) is 6.28. The number of aromatic nitrogens is 2. The molecule has 0 saturated heterocycles. The van der Waals surface area contributed by atoms with Crippen molar-refractivity contribution in [1.82, 2.24) is 14.9 Å². The molecule has 0 saturated carbocycles. The van der Waals surface area contributed by atoms with Crippen LogP contribution in [0.5, 0.6) is 0 Å². The molecule has 1 amide bonds. The van der Waals surface area contributed by atoms with Crippen molar-refractivity contribution < 1.29 is 9.53 Å². The van der Waals surface area contributed by atoms with Crippen molar-refractivity contribution in [3.63, 3.8) is 0 Å². The van der Waals surface area contributed by atoms with Gasteiger partial charge < -0.3 is 20.4 Å². The van der Waals surface area contributed by atoms with Crippen LogP contribution < -0.4 is 11.1 Å². The van der Waals surface area contributed by atoms with E-state index in [0.717, 1.165) is 11.0 Å². The molecule has 0 bridgehead atoms. The van der Waals surface area contributed by atoms with Crippen molar-refractivity contribution in [3.05, 3.63) is 23.2 Å². The molecule has 2 rings (SSSR count).